The summed E-state index contributed by atoms with van der Waals surface area (Å²) < 4.78 is 6.35. The minimum Gasteiger partial charge on any atom is -0.454 e. The van der Waals surface area contributed by atoms with E-state index >= 15 is 0 Å². The summed E-state index contributed by atoms with van der Waals surface area (Å²) >= 11 is 15.3. The monoisotopic (exact) mass is 342 g/mol. The summed E-state index contributed by atoms with van der Waals surface area (Å²) in [5, 5.41) is 1.78. The van der Waals surface area contributed by atoms with Crippen molar-refractivity contribution in [2.75, 3.05) is 0 Å². The largest absolute Gasteiger partial charge is 0.454 e. The van der Waals surface area contributed by atoms with Gasteiger partial charge in [0.05, 0.1) is 20.8 Å². The molecule has 0 aliphatic rings. The summed E-state index contributed by atoms with van der Waals surface area (Å²) in [4.78, 5) is 12.3. The Morgan fingerprint density at radius 1 is 1.06 bits per heavy atom. The molecule has 2 nitrogen and oxygen atoms in total. The molecule has 5 heteroatoms. The van der Waals surface area contributed by atoms with Gasteiger partial charge in [0.25, 0.3) is 0 Å². The van der Waals surface area contributed by atoms with E-state index in [4.69, 9.17) is 27.6 Å². The Balaban J connectivity index is 2.61. The van der Waals surface area contributed by atoms with Crippen LogP contribution in [0.25, 0.3) is 21.9 Å². The topological polar surface area (TPSA) is 30.2 Å². The molecule has 0 saturated carbocycles. The Morgan fingerprint density at radius 2 is 1.83 bits per heavy atom. The highest BCUT2D eigenvalue weighted by Crippen LogP contribution is 2.30. The molecule has 3 aromatic rings. The first-order chi connectivity index (χ1) is 8.58. The fourth-order valence-electron chi connectivity index (χ4n) is 1.84. The van der Waals surface area contributed by atoms with Gasteiger partial charge >= 0.3 is 0 Å². The Labute approximate surface area is 120 Å². The van der Waals surface area contributed by atoms with Gasteiger partial charge in [0, 0.05) is 4.47 Å². The lowest BCUT2D eigenvalue weighted by Crippen LogP contribution is -2.02. The van der Waals surface area contributed by atoms with Gasteiger partial charge < -0.3 is 4.42 Å². The molecule has 0 unspecified atom stereocenters. The third-order valence-corrected chi connectivity index (χ3v) is 4.19. The van der Waals surface area contributed by atoms with Crippen molar-refractivity contribution in [3.8, 4) is 0 Å². The lowest BCUT2D eigenvalue weighted by Gasteiger charge is -2.04. The van der Waals surface area contributed by atoms with Crippen LogP contribution in [0.2, 0.25) is 10.0 Å². The Hall–Kier alpha value is -1.03. The van der Waals surface area contributed by atoms with Crippen molar-refractivity contribution >= 4 is 61.1 Å². The molecule has 0 fully saturated rings. The van der Waals surface area contributed by atoms with Crippen molar-refractivity contribution in [3.63, 3.8) is 0 Å². The van der Waals surface area contributed by atoms with Crippen molar-refractivity contribution in [2.45, 2.75) is 0 Å². The summed E-state index contributed by atoms with van der Waals surface area (Å²) in [5.74, 6) is 0. The van der Waals surface area contributed by atoms with Crippen LogP contribution in [0.5, 0.6) is 0 Å². The highest BCUT2D eigenvalue weighted by atomic mass is 79.9. The van der Waals surface area contributed by atoms with E-state index in [0.717, 1.165) is 0 Å². The summed E-state index contributed by atoms with van der Waals surface area (Å²) in [7, 11) is 0. The average molecular weight is 344 g/mol. The first kappa shape index (κ1) is 12.0. The van der Waals surface area contributed by atoms with E-state index in [9.17, 15) is 4.79 Å². The lowest BCUT2D eigenvalue weighted by atomic mass is 10.1. The van der Waals surface area contributed by atoms with E-state index in [0.29, 0.717) is 36.5 Å². The predicted octanol–water partition coefficient (Wildman–Crippen LogP) is 5.02. The second-order valence-corrected chi connectivity index (χ2v) is 5.48. The van der Waals surface area contributed by atoms with Crippen LogP contribution in [-0.4, -0.2) is 0 Å². The molecule has 18 heavy (non-hydrogen) atoms. The van der Waals surface area contributed by atoms with Crippen molar-refractivity contribution in [1.82, 2.24) is 0 Å². The molecule has 0 amide bonds. The maximum Gasteiger partial charge on any atom is 0.200 e. The van der Waals surface area contributed by atoms with Gasteiger partial charge in [0.1, 0.15) is 5.58 Å². The maximum atomic E-state index is 12.3. The molecule has 90 valence electrons. The zero-order chi connectivity index (χ0) is 12.9. The number of hydrogen-bond donors (Lipinski definition) is 0. The molecule has 0 aliphatic carbocycles. The second kappa shape index (κ2) is 4.26. The maximum absolute atomic E-state index is 12.3. The standard InChI is InChI=1S/C13H5BrCl2O2/c14-8-5-11-7(4-10(8)16)12(17)6-2-1-3-9(15)13(6)18-11/h1-5H. The highest BCUT2D eigenvalue weighted by Gasteiger charge is 2.11. The number of hydrogen-bond acceptors (Lipinski definition) is 2. The molecule has 1 aromatic heterocycles. The lowest BCUT2D eigenvalue weighted by molar-refractivity contribution is 0.660. The van der Waals surface area contributed by atoms with Crippen LogP contribution in [0, 0.1) is 0 Å². The van der Waals surface area contributed by atoms with E-state index in [-0.39, 0.29) is 5.43 Å². The van der Waals surface area contributed by atoms with E-state index in [2.05, 4.69) is 15.9 Å². The Bertz CT molecular complexity index is 840. The third-order valence-electron chi connectivity index (χ3n) is 2.69. The van der Waals surface area contributed by atoms with Crippen LogP contribution in [0.4, 0.5) is 0 Å². The van der Waals surface area contributed by atoms with E-state index < -0.39 is 0 Å². The molecule has 0 aliphatic heterocycles. The van der Waals surface area contributed by atoms with Crippen molar-refractivity contribution in [3.05, 3.63) is 55.1 Å². The summed E-state index contributed by atoms with van der Waals surface area (Å²) in [5.41, 5.74) is 0.714. The zero-order valence-electron chi connectivity index (χ0n) is 8.84. The molecular formula is C13H5BrCl2O2. The first-order valence-electron chi connectivity index (χ1n) is 5.08. The Morgan fingerprint density at radius 3 is 2.61 bits per heavy atom. The van der Waals surface area contributed by atoms with Crippen LogP contribution < -0.4 is 5.43 Å². The smallest absolute Gasteiger partial charge is 0.200 e. The normalized spacial score (nSPS) is 11.3. The quantitative estimate of drug-likeness (QED) is 0.537. The van der Waals surface area contributed by atoms with Crippen LogP contribution in [0.15, 0.2) is 44.0 Å². The van der Waals surface area contributed by atoms with Crippen LogP contribution in [0.1, 0.15) is 0 Å². The van der Waals surface area contributed by atoms with Gasteiger partial charge in [-0.25, -0.2) is 0 Å². The van der Waals surface area contributed by atoms with Crippen LogP contribution in [-0.2, 0) is 0 Å². The molecule has 0 saturated heterocycles. The number of fused-ring (bicyclic) bond motifs is 2. The predicted molar refractivity (Wildman–Crippen MR) is 77.7 cm³/mol. The van der Waals surface area contributed by atoms with E-state index in [1.54, 1.807) is 30.3 Å². The summed E-state index contributed by atoms with van der Waals surface area (Å²) in [6, 6.07) is 8.34. The molecule has 0 spiro atoms. The van der Waals surface area contributed by atoms with Gasteiger partial charge in [-0.05, 0) is 40.2 Å². The third kappa shape index (κ3) is 1.74. The van der Waals surface area contributed by atoms with Crippen LogP contribution >= 0.6 is 39.1 Å². The van der Waals surface area contributed by atoms with Gasteiger partial charge in [-0.1, -0.05) is 29.3 Å². The average Bonchev–Trinajstić information content (AvgIpc) is 2.34. The van der Waals surface area contributed by atoms with Crippen molar-refractivity contribution in [2.24, 2.45) is 0 Å². The van der Waals surface area contributed by atoms with Crippen molar-refractivity contribution < 1.29 is 4.42 Å². The van der Waals surface area contributed by atoms with Crippen molar-refractivity contribution in [1.29, 1.82) is 0 Å². The SMILES string of the molecule is O=c1c2cc(Cl)c(Br)cc2oc2c(Cl)cccc12. The van der Waals surface area contributed by atoms with E-state index in [1.165, 1.54) is 0 Å². The molecule has 1 heterocycles. The van der Waals surface area contributed by atoms with Gasteiger partial charge in [-0.2, -0.15) is 0 Å². The summed E-state index contributed by atoms with van der Waals surface area (Å²) in [6.07, 6.45) is 0. The van der Waals surface area contributed by atoms with Gasteiger partial charge in [-0.15, -0.1) is 0 Å². The molecule has 0 atom stereocenters. The zero-order valence-corrected chi connectivity index (χ0v) is 11.9. The molecule has 0 bridgehead atoms. The minimum absolute atomic E-state index is 0.136. The van der Waals surface area contributed by atoms with Gasteiger partial charge in [-0.3, -0.25) is 4.79 Å². The van der Waals surface area contributed by atoms with Crippen LogP contribution in [0.3, 0.4) is 0 Å². The number of benzene rings is 2. The molecule has 2 aromatic carbocycles. The van der Waals surface area contributed by atoms with E-state index in [1.807, 2.05) is 0 Å². The first-order valence-corrected chi connectivity index (χ1v) is 6.63. The Kier molecular flexibility index (Phi) is 2.85. The number of para-hydroxylation sites is 1. The molecule has 0 N–H and O–H groups in total. The summed E-state index contributed by atoms with van der Waals surface area (Å²) in [6.45, 7) is 0. The molecule has 3 rings (SSSR count). The molecule has 0 radical (unpaired) electrons. The minimum atomic E-state index is -0.136. The number of rotatable bonds is 0. The fourth-order valence-corrected chi connectivity index (χ4v) is 2.54. The molecular weight excluding hydrogens is 339 g/mol. The fraction of sp³-hybridized carbons (Fsp3) is 0. The highest BCUT2D eigenvalue weighted by molar-refractivity contribution is 9.10. The van der Waals surface area contributed by atoms with Gasteiger partial charge in [0.2, 0.25) is 5.43 Å². The van der Waals surface area contributed by atoms with Gasteiger partial charge in [0.15, 0.2) is 5.58 Å². The number of halogens is 3. The second-order valence-electron chi connectivity index (χ2n) is 3.81.